The molecule has 6 heteroatoms. The molecule has 0 atom stereocenters. The van der Waals surface area contributed by atoms with Gasteiger partial charge in [0.05, 0.1) is 0 Å². The Balaban J connectivity index is 1.38. The fraction of sp³-hybridized carbons (Fsp3) is 0.417. The Morgan fingerprint density at radius 1 is 0.900 bits per heavy atom. The summed E-state index contributed by atoms with van der Waals surface area (Å²) in [6.45, 7) is 8.70. The van der Waals surface area contributed by atoms with Gasteiger partial charge in [0.25, 0.3) is 0 Å². The first-order chi connectivity index (χ1) is 14.4. The molecule has 2 N–H and O–H groups in total. The first-order valence-electron chi connectivity index (χ1n) is 10.6. The molecule has 1 heterocycles. The van der Waals surface area contributed by atoms with Crippen LogP contribution < -0.4 is 15.5 Å². The highest BCUT2D eigenvalue weighted by atomic mass is 16.2. The molecule has 1 aliphatic rings. The van der Waals surface area contributed by atoms with Crippen LogP contribution in [0.4, 0.5) is 11.4 Å². The summed E-state index contributed by atoms with van der Waals surface area (Å²) in [5, 5.41) is 5.37. The number of piperazine rings is 1. The van der Waals surface area contributed by atoms with Gasteiger partial charge < -0.3 is 20.4 Å². The number of carbonyl (C=O) groups excluding carboxylic acids is 2. The zero-order valence-electron chi connectivity index (χ0n) is 18.2. The highest BCUT2D eigenvalue weighted by molar-refractivity contribution is 6.39. The van der Waals surface area contributed by atoms with Crippen molar-refractivity contribution >= 4 is 23.2 Å². The van der Waals surface area contributed by atoms with Crippen LogP contribution in [-0.4, -0.2) is 56.5 Å². The Hall–Kier alpha value is -2.86. The molecule has 1 fully saturated rings. The minimum Gasteiger partial charge on any atom is -0.369 e. The number of aryl methyl sites for hydroxylation is 3. The van der Waals surface area contributed by atoms with E-state index in [1.165, 1.54) is 11.3 Å². The predicted octanol–water partition coefficient (Wildman–Crippen LogP) is 2.74. The summed E-state index contributed by atoms with van der Waals surface area (Å²) in [7, 11) is 2.16. The smallest absolute Gasteiger partial charge is 0.313 e. The maximum Gasteiger partial charge on any atom is 0.313 e. The van der Waals surface area contributed by atoms with E-state index in [9.17, 15) is 9.59 Å². The molecular weight excluding hydrogens is 376 g/mol. The lowest BCUT2D eigenvalue weighted by atomic mass is 10.1. The molecule has 0 aliphatic carbocycles. The molecule has 1 saturated heterocycles. The van der Waals surface area contributed by atoms with Crippen molar-refractivity contribution in [2.75, 3.05) is 50.0 Å². The SMILES string of the molecule is Cc1cc(C)cc(NC(=O)C(=O)NCCCc2ccc(N3CCN(C)CC3)cc2)c1. The third-order valence-electron chi connectivity index (χ3n) is 5.42. The van der Waals surface area contributed by atoms with Gasteiger partial charge in [-0.25, -0.2) is 0 Å². The number of carbonyl (C=O) groups is 2. The van der Waals surface area contributed by atoms with Crippen molar-refractivity contribution in [3.8, 4) is 0 Å². The summed E-state index contributed by atoms with van der Waals surface area (Å²) in [5.74, 6) is -1.23. The van der Waals surface area contributed by atoms with Crippen LogP contribution in [-0.2, 0) is 16.0 Å². The molecule has 2 aromatic carbocycles. The average molecular weight is 409 g/mol. The predicted molar refractivity (Wildman–Crippen MR) is 122 cm³/mol. The number of likely N-dealkylation sites (N-methyl/N-ethyl adjacent to an activating group) is 1. The Morgan fingerprint density at radius 2 is 1.53 bits per heavy atom. The van der Waals surface area contributed by atoms with Crippen molar-refractivity contribution in [1.82, 2.24) is 10.2 Å². The van der Waals surface area contributed by atoms with Crippen LogP contribution in [0.1, 0.15) is 23.1 Å². The van der Waals surface area contributed by atoms with Crippen molar-refractivity contribution in [3.05, 3.63) is 59.2 Å². The van der Waals surface area contributed by atoms with Crippen LogP contribution in [0.15, 0.2) is 42.5 Å². The standard InChI is InChI=1S/C24H32N4O2/c1-18-15-19(2)17-21(16-18)26-24(30)23(29)25-10-4-5-20-6-8-22(9-7-20)28-13-11-27(3)12-14-28/h6-9,15-17H,4-5,10-14H2,1-3H3,(H,25,29)(H,26,30). The molecule has 2 aromatic rings. The lowest BCUT2D eigenvalue weighted by Gasteiger charge is -2.34. The van der Waals surface area contributed by atoms with E-state index < -0.39 is 11.8 Å². The summed E-state index contributed by atoms with van der Waals surface area (Å²) in [4.78, 5) is 28.9. The quantitative estimate of drug-likeness (QED) is 0.570. The first-order valence-corrected chi connectivity index (χ1v) is 10.6. The minimum atomic E-state index is -0.628. The number of nitrogens with one attached hydrogen (secondary N) is 2. The molecule has 2 amide bonds. The number of amides is 2. The second kappa shape index (κ2) is 10.3. The normalized spacial score (nSPS) is 14.4. The van der Waals surface area contributed by atoms with Crippen LogP contribution in [0.25, 0.3) is 0 Å². The summed E-state index contributed by atoms with van der Waals surface area (Å²) in [6, 6.07) is 14.4. The molecule has 0 spiro atoms. The van der Waals surface area contributed by atoms with E-state index in [-0.39, 0.29) is 0 Å². The van der Waals surface area contributed by atoms with Gasteiger partial charge in [-0.15, -0.1) is 0 Å². The van der Waals surface area contributed by atoms with E-state index in [1.54, 1.807) is 0 Å². The second-order valence-corrected chi connectivity index (χ2v) is 8.15. The monoisotopic (exact) mass is 408 g/mol. The molecule has 0 radical (unpaired) electrons. The molecule has 6 nitrogen and oxygen atoms in total. The average Bonchev–Trinajstić information content (AvgIpc) is 2.71. The zero-order valence-corrected chi connectivity index (χ0v) is 18.2. The molecule has 30 heavy (non-hydrogen) atoms. The molecule has 0 bridgehead atoms. The summed E-state index contributed by atoms with van der Waals surface area (Å²) >= 11 is 0. The molecule has 160 valence electrons. The van der Waals surface area contributed by atoms with Crippen LogP contribution in [0.3, 0.4) is 0 Å². The van der Waals surface area contributed by atoms with Crippen LogP contribution in [0.2, 0.25) is 0 Å². The van der Waals surface area contributed by atoms with Crippen molar-refractivity contribution < 1.29 is 9.59 Å². The van der Waals surface area contributed by atoms with Gasteiger partial charge in [-0.2, -0.15) is 0 Å². The fourth-order valence-electron chi connectivity index (χ4n) is 3.75. The van der Waals surface area contributed by atoms with Gasteiger partial charge in [0.15, 0.2) is 0 Å². The molecule has 0 saturated carbocycles. The summed E-state index contributed by atoms with van der Waals surface area (Å²) in [5.41, 5.74) is 5.24. The zero-order chi connectivity index (χ0) is 21.5. The number of hydrogen-bond acceptors (Lipinski definition) is 4. The van der Waals surface area contributed by atoms with Crippen molar-refractivity contribution in [3.63, 3.8) is 0 Å². The topological polar surface area (TPSA) is 64.7 Å². The van der Waals surface area contributed by atoms with Crippen molar-refractivity contribution in [2.45, 2.75) is 26.7 Å². The number of anilines is 2. The van der Waals surface area contributed by atoms with Gasteiger partial charge in [-0.1, -0.05) is 18.2 Å². The Kier molecular flexibility index (Phi) is 7.46. The van der Waals surface area contributed by atoms with Crippen LogP contribution >= 0.6 is 0 Å². The minimum absolute atomic E-state index is 0.472. The van der Waals surface area contributed by atoms with E-state index in [4.69, 9.17) is 0 Å². The Bertz CT molecular complexity index is 851. The van der Waals surface area contributed by atoms with Gasteiger partial charge in [0.2, 0.25) is 0 Å². The van der Waals surface area contributed by atoms with E-state index in [2.05, 4.69) is 51.7 Å². The maximum absolute atomic E-state index is 12.1. The summed E-state index contributed by atoms with van der Waals surface area (Å²) < 4.78 is 0. The van der Waals surface area contributed by atoms with Gasteiger partial charge in [0, 0.05) is 44.1 Å². The highest BCUT2D eigenvalue weighted by Gasteiger charge is 2.15. The first kappa shape index (κ1) is 21.8. The van der Waals surface area contributed by atoms with Crippen LogP contribution in [0, 0.1) is 13.8 Å². The highest BCUT2D eigenvalue weighted by Crippen LogP contribution is 2.18. The Labute approximate surface area is 179 Å². The number of rotatable bonds is 6. The third-order valence-corrected chi connectivity index (χ3v) is 5.42. The van der Waals surface area contributed by atoms with Crippen molar-refractivity contribution in [2.24, 2.45) is 0 Å². The molecule has 3 rings (SSSR count). The molecule has 1 aliphatic heterocycles. The summed E-state index contributed by atoms with van der Waals surface area (Å²) in [6.07, 6.45) is 1.65. The van der Waals surface area contributed by atoms with Gasteiger partial charge in [-0.3, -0.25) is 9.59 Å². The number of hydrogen-bond donors (Lipinski definition) is 2. The van der Waals surface area contributed by atoms with E-state index in [1.807, 2.05) is 32.0 Å². The molecule has 0 unspecified atom stereocenters. The largest absolute Gasteiger partial charge is 0.369 e. The van der Waals surface area contributed by atoms with E-state index >= 15 is 0 Å². The van der Waals surface area contributed by atoms with E-state index in [0.29, 0.717) is 12.2 Å². The Morgan fingerprint density at radius 3 is 2.17 bits per heavy atom. The second-order valence-electron chi connectivity index (χ2n) is 8.15. The third kappa shape index (κ3) is 6.32. The van der Waals surface area contributed by atoms with Crippen LogP contribution in [0.5, 0.6) is 0 Å². The lowest BCUT2D eigenvalue weighted by molar-refractivity contribution is -0.136. The van der Waals surface area contributed by atoms with Crippen molar-refractivity contribution in [1.29, 1.82) is 0 Å². The molecular formula is C24H32N4O2. The van der Waals surface area contributed by atoms with E-state index in [0.717, 1.165) is 50.1 Å². The number of nitrogens with zero attached hydrogens (tertiary/aromatic N) is 2. The number of benzene rings is 2. The molecule has 0 aromatic heterocycles. The van der Waals surface area contributed by atoms with Gasteiger partial charge in [-0.05, 0) is 74.7 Å². The van der Waals surface area contributed by atoms with Gasteiger partial charge >= 0.3 is 11.8 Å². The lowest BCUT2D eigenvalue weighted by Crippen LogP contribution is -2.44. The fourth-order valence-corrected chi connectivity index (χ4v) is 3.75. The van der Waals surface area contributed by atoms with Gasteiger partial charge in [0.1, 0.15) is 0 Å². The maximum atomic E-state index is 12.1.